The van der Waals surface area contributed by atoms with Crippen molar-refractivity contribution < 1.29 is 39.3 Å². The number of hydrogen-bond acceptors (Lipinski definition) is 3. The molecule has 1 aromatic heterocycles. The van der Waals surface area contributed by atoms with Crippen LogP contribution in [-0.2, 0) is 36.1 Å². The van der Waals surface area contributed by atoms with E-state index >= 15 is 0 Å². The Morgan fingerprint density at radius 1 is 0.926 bits per heavy atom. The van der Waals surface area contributed by atoms with Gasteiger partial charge in [0.15, 0.2) is 0 Å². The summed E-state index contributed by atoms with van der Waals surface area (Å²) in [4.78, 5) is 24.7. The molecule has 154 valence electrons. The number of nitrogens with zero attached hydrogens (tertiary/aromatic N) is 2. The summed E-state index contributed by atoms with van der Waals surface area (Å²) in [6.45, 7) is 8.01. The van der Waals surface area contributed by atoms with Crippen LogP contribution in [0.4, 0.5) is 0 Å². The predicted octanol–water partition coefficient (Wildman–Crippen LogP) is 4.99. The van der Waals surface area contributed by atoms with Crippen LogP contribution in [0.3, 0.4) is 0 Å². The topological polar surface area (TPSA) is 92.4 Å². The van der Waals surface area contributed by atoms with Gasteiger partial charge in [-0.25, -0.2) is 4.98 Å². The van der Waals surface area contributed by atoms with Crippen molar-refractivity contribution >= 4 is 11.9 Å². The maximum absolute atomic E-state index is 10.4. The smallest absolute Gasteiger partial charge is 0.306 e. The summed E-state index contributed by atoms with van der Waals surface area (Å²) in [6, 6.07) is 0. The van der Waals surface area contributed by atoms with Gasteiger partial charge in [-0.1, -0.05) is 53.4 Å². The summed E-state index contributed by atoms with van der Waals surface area (Å²) in [5.74, 6) is -1.51. The number of unbranched alkanes of at least 4 members (excludes halogenated alkanes) is 2. The Morgan fingerprint density at radius 3 is 1.48 bits per heavy atom. The molecule has 27 heavy (non-hydrogen) atoms. The third-order valence-corrected chi connectivity index (χ3v) is 4.13. The second kappa shape index (κ2) is 21.1. The minimum absolute atomic E-state index is 0. The van der Waals surface area contributed by atoms with Crippen LogP contribution in [0.2, 0.25) is 0 Å². The second-order valence-corrected chi connectivity index (χ2v) is 6.40. The van der Waals surface area contributed by atoms with Crippen LogP contribution >= 0.6 is 0 Å². The molecule has 2 atom stereocenters. The first-order valence-electron chi connectivity index (χ1n) is 9.71. The minimum Gasteiger partial charge on any atom is -0.481 e. The predicted molar refractivity (Wildman–Crippen MR) is 105 cm³/mol. The molecule has 0 aliphatic rings. The molecule has 1 heterocycles. The van der Waals surface area contributed by atoms with Crippen LogP contribution in [-0.4, -0.2) is 31.7 Å². The third kappa shape index (κ3) is 19.3. The van der Waals surface area contributed by atoms with Gasteiger partial charge in [0, 0.05) is 38.9 Å². The second-order valence-electron chi connectivity index (χ2n) is 6.40. The van der Waals surface area contributed by atoms with Crippen LogP contribution in [0.15, 0.2) is 18.7 Å². The summed E-state index contributed by atoms with van der Waals surface area (Å²) in [5, 5.41) is 17.2. The van der Waals surface area contributed by atoms with Gasteiger partial charge in [-0.05, 0) is 25.7 Å². The van der Waals surface area contributed by atoms with Crippen molar-refractivity contribution in [1.29, 1.82) is 0 Å². The average Bonchev–Trinajstić information content (AvgIpc) is 3.08. The Morgan fingerprint density at radius 2 is 1.33 bits per heavy atom. The van der Waals surface area contributed by atoms with Gasteiger partial charge in [0.1, 0.15) is 0 Å². The van der Waals surface area contributed by atoms with Crippen LogP contribution in [0, 0.1) is 11.8 Å². The molecule has 0 aliphatic carbocycles. The van der Waals surface area contributed by atoms with Gasteiger partial charge in [0.05, 0.1) is 18.2 Å². The Hall–Kier alpha value is -1.23. The molecule has 0 spiro atoms. The fraction of sp³-hybridized carbons (Fsp3) is 0.750. The zero-order valence-electron chi connectivity index (χ0n) is 17.9. The summed E-state index contributed by atoms with van der Waals surface area (Å²) in [6.07, 6.45) is 12.8. The fourth-order valence-electron chi connectivity index (χ4n) is 2.23. The molecule has 2 N–H and O–H groups in total. The Bertz CT molecular complexity index is 427. The van der Waals surface area contributed by atoms with E-state index in [4.69, 9.17) is 10.2 Å². The molecule has 0 amide bonds. The van der Waals surface area contributed by atoms with Gasteiger partial charge >= 0.3 is 11.9 Å². The molecule has 1 rings (SSSR count). The number of carboxylic acid groups (broad SMARTS) is 2. The van der Waals surface area contributed by atoms with Crippen LogP contribution in [0.25, 0.3) is 0 Å². The maximum Gasteiger partial charge on any atom is 0.306 e. The van der Waals surface area contributed by atoms with Crippen molar-refractivity contribution in [3.05, 3.63) is 18.7 Å². The van der Waals surface area contributed by atoms with Gasteiger partial charge in [-0.2, -0.15) is 0 Å². The van der Waals surface area contributed by atoms with E-state index in [1.54, 1.807) is 12.5 Å². The molecule has 0 bridgehead atoms. The van der Waals surface area contributed by atoms with E-state index in [0.717, 1.165) is 51.4 Å². The summed E-state index contributed by atoms with van der Waals surface area (Å²) in [7, 11) is 1.94. The molecular formula is C20H38N2O4Zn. The number of carboxylic acids is 2. The van der Waals surface area contributed by atoms with Gasteiger partial charge in [-0.3, -0.25) is 9.59 Å². The Labute approximate surface area is 177 Å². The molecule has 0 aromatic carbocycles. The normalized spacial score (nSPS) is 11.6. The van der Waals surface area contributed by atoms with Crippen molar-refractivity contribution in [2.75, 3.05) is 0 Å². The standard InChI is InChI=1S/2C8H16O2.C4H6N2.Zn/c2*1-3-5-6-7(4-2)8(9)10;1-6-3-2-5-4-6;/h2*7H,3-6H2,1-2H3,(H,9,10);2-4H,1H3;. The number of aryl methyl sites for hydroxylation is 1. The van der Waals surface area contributed by atoms with Gasteiger partial charge in [-0.15, -0.1) is 0 Å². The molecule has 7 heteroatoms. The third-order valence-electron chi connectivity index (χ3n) is 4.13. The average molecular weight is 436 g/mol. The van der Waals surface area contributed by atoms with Gasteiger partial charge in [0.2, 0.25) is 0 Å². The molecule has 6 nitrogen and oxygen atoms in total. The van der Waals surface area contributed by atoms with E-state index < -0.39 is 11.9 Å². The Balaban J connectivity index is -0.000000323. The molecule has 1 aromatic rings. The molecular weight excluding hydrogens is 398 g/mol. The largest absolute Gasteiger partial charge is 0.481 e. The first kappa shape index (κ1) is 30.5. The monoisotopic (exact) mass is 434 g/mol. The number of aliphatic carboxylic acids is 2. The zero-order valence-corrected chi connectivity index (χ0v) is 20.8. The van der Waals surface area contributed by atoms with Crippen LogP contribution < -0.4 is 0 Å². The molecule has 2 unspecified atom stereocenters. The Kier molecular flexibility index (Phi) is 23.8. The van der Waals surface area contributed by atoms with Crippen molar-refractivity contribution in [2.45, 2.75) is 79.1 Å². The number of carbonyl (C=O) groups is 2. The van der Waals surface area contributed by atoms with Crippen molar-refractivity contribution in [3.63, 3.8) is 0 Å². The molecule has 0 aliphatic heterocycles. The van der Waals surface area contributed by atoms with Crippen molar-refractivity contribution in [3.8, 4) is 0 Å². The SMILES string of the molecule is CCCCC(CC)C(=O)O.CCCCC(CC)C(=O)O.Cn1ccnc1.[Zn]. The molecule has 0 saturated heterocycles. The number of imidazole rings is 1. The van der Waals surface area contributed by atoms with Crippen LogP contribution in [0.1, 0.15) is 79.1 Å². The molecule has 0 radical (unpaired) electrons. The summed E-state index contributed by atoms with van der Waals surface area (Å²) >= 11 is 0. The van der Waals surface area contributed by atoms with E-state index in [1.807, 2.05) is 31.7 Å². The summed E-state index contributed by atoms with van der Waals surface area (Å²) < 4.78 is 1.89. The molecule has 0 saturated carbocycles. The minimum atomic E-state index is -0.643. The van der Waals surface area contributed by atoms with Crippen molar-refractivity contribution in [1.82, 2.24) is 9.55 Å². The number of rotatable bonds is 10. The van der Waals surface area contributed by atoms with Gasteiger partial charge < -0.3 is 14.8 Å². The maximum atomic E-state index is 10.4. The van der Waals surface area contributed by atoms with E-state index in [-0.39, 0.29) is 31.3 Å². The van der Waals surface area contributed by atoms with Crippen LogP contribution in [0.5, 0.6) is 0 Å². The number of aromatic nitrogens is 2. The first-order valence-corrected chi connectivity index (χ1v) is 9.71. The fourth-order valence-corrected chi connectivity index (χ4v) is 2.23. The van der Waals surface area contributed by atoms with E-state index in [2.05, 4.69) is 18.8 Å². The molecule has 0 fully saturated rings. The quantitative estimate of drug-likeness (QED) is 0.505. The van der Waals surface area contributed by atoms with E-state index in [1.165, 1.54) is 0 Å². The zero-order chi connectivity index (χ0) is 20.4. The first-order chi connectivity index (χ1) is 12.3. The van der Waals surface area contributed by atoms with E-state index in [0.29, 0.717) is 0 Å². The van der Waals surface area contributed by atoms with Gasteiger partial charge in [0.25, 0.3) is 0 Å². The van der Waals surface area contributed by atoms with E-state index in [9.17, 15) is 9.59 Å². The summed E-state index contributed by atoms with van der Waals surface area (Å²) in [5.41, 5.74) is 0. The number of hydrogen-bond donors (Lipinski definition) is 2. The van der Waals surface area contributed by atoms with Crippen molar-refractivity contribution in [2.24, 2.45) is 18.9 Å².